The molecule has 2 aromatic rings. The quantitative estimate of drug-likeness (QED) is 0.779. The van der Waals surface area contributed by atoms with Crippen LogP contribution in [0.2, 0.25) is 10.0 Å². The number of rotatable bonds is 5. The maximum Gasteiger partial charge on any atom is 0.227 e. The van der Waals surface area contributed by atoms with E-state index in [0.29, 0.717) is 41.7 Å². The number of piperidine rings is 1. The number of nitrogens with one attached hydrogen (secondary N) is 1. The Hall–Kier alpha value is -1.60. The average Bonchev–Trinajstić information content (AvgIpc) is 2.61. The fourth-order valence-corrected chi connectivity index (χ4v) is 5.23. The summed E-state index contributed by atoms with van der Waals surface area (Å²) in [6.45, 7) is 0.674. The van der Waals surface area contributed by atoms with Gasteiger partial charge in [-0.15, -0.1) is 0 Å². The van der Waals surface area contributed by atoms with Crippen molar-refractivity contribution in [3.05, 3.63) is 64.1 Å². The molecule has 1 aliphatic rings. The van der Waals surface area contributed by atoms with Crippen molar-refractivity contribution in [1.82, 2.24) is 4.31 Å². The van der Waals surface area contributed by atoms with Crippen LogP contribution in [-0.4, -0.2) is 31.7 Å². The number of benzene rings is 2. The predicted molar refractivity (Wildman–Crippen MR) is 108 cm³/mol. The Morgan fingerprint density at radius 2 is 1.63 bits per heavy atom. The smallest absolute Gasteiger partial charge is 0.227 e. The summed E-state index contributed by atoms with van der Waals surface area (Å²) >= 11 is 11.9. The van der Waals surface area contributed by atoms with Gasteiger partial charge in [0.2, 0.25) is 15.9 Å². The van der Waals surface area contributed by atoms with Crippen LogP contribution >= 0.6 is 23.2 Å². The van der Waals surface area contributed by atoms with Gasteiger partial charge in [0, 0.05) is 34.7 Å². The van der Waals surface area contributed by atoms with Crippen LogP contribution < -0.4 is 5.32 Å². The Morgan fingerprint density at radius 1 is 1.04 bits per heavy atom. The molecular weight excluding hydrogens is 407 g/mol. The van der Waals surface area contributed by atoms with Crippen LogP contribution in [0.4, 0.5) is 5.69 Å². The minimum atomic E-state index is -3.39. The average molecular weight is 427 g/mol. The van der Waals surface area contributed by atoms with E-state index in [1.807, 2.05) is 18.2 Å². The fourth-order valence-electron chi connectivity index (χ4n) is 3.14. The minimum absolute atomic E-state index is 0.0221. The van der Waals surface area contributed by atoms with Crippen molar-refractivity contribution in [2.24, 2.45) is 5.92 Å². The highest BCUT2D eigenvalue weighted by Crippen LogP contribution is 2.26. The van der Waals surface area contributed by atoms with E-state index >= 15 is 0 Å². The zero-order valence-electron chi connectivity index (χ0n) is 14.6. The summed E-state index contributed by atoms with van der Waals surface area (Å²) in [5.74, 6) is -0.412. The molecule has 1 fully saturated rings. The Morgan fingerprint density at radius 3 is 2.22 bits per heavy atom. The summed E-state index contributed by atoms with van der Waals surface area (Å²) in [4.78, 5) is 12.5. The Balaban J connectivity index is 1.57. The molecule has 1 saturated heterocycles. The second-order valence-electron chi connectivity index (χ2n) is 6.56. The minimum Gasteiger partial charge on any atom is -0.326 e. The number of hydrogen-bond acceptors (Lipinski definition) is 3. The van der Waals surface area contributed by atoms with Crippen molar-refractivity contribution >= 4 is 44.8 Å². The summed E-state index contributed by atoms with van der Waals surface area (Å²) in [7, 11) is -3.39. The van der Waals surface area contributed by atoms with Gasteiger partial charge in [-0.05, 0) is 36.6 Å². The normalized spacial score (nSPS) is 16.2. The third kappa shape index (κ3) is 5.45. The Labute approximate surface area is 169 Å². The molecule has 1 heterocycles. The lowest BCUT2D eigenvalue weighted by Gasteiger charge is -2.30. The fraction of sp³-hybridized carbons (Fsp3) is 0.316. The molecule has 2 aromatic carbocycles. The standard InChI is InChI=1S/C19H20Cl2N2O3S/c20-16-10-17(21)12-18(11-16)22-19(24)15-6-8-23(9-7-15)27(25,26)13-14-4-2-1-3-5-14/h1-5,10-12,15H,6-9,13H2,(H,22,24). The summed E-state index contributed by atoms with van der Waals surface area (Å²) in [5, 5.41) is 3.70. The lowest BCUT2D eigenvalue weighted by Crippen LogP contribution is -2.41. The van der Waals surface area contributed by atoms with Gasteiger partial charge in [-0.25, -0.2) is 12.7 Å². The molecule has 8 heteroatoms. The molecule has 0 saturated carbocycles. The molecular formula is C19H20Cl2N2O3S. The van der Waals surface area contributed by atoms with Crippen LogP contribution in [0, 0.1) is 5.92 Å². The number of sulfonamides is 1. The van der Waals surface area contributed by atoms with Crippen molar-refractivity contribution in [3.63, 3.8) is 0 Å². The van der Waals surface area contributed by atoms with E-state index in [-0.39, 0.29) is 17.6 Å². The van der Waals surface area contributed by atoms with E-state index in [0.717, 1.165) is 5.56 Å². The van der Waals surface area contributed by atoms with E-state index in [2.05, 4.69) is 5.32 Å². The van der Waals surface area contributed by atoms with Crippen LogP contribution in [0.25, 0.3) is 0 Å². The maximum atomic E-state index is 12.6. The van der Waals surface area contributed by atoms with Gasteiger partial charge in [-0.3, -0.25) is 4.79 Å². The lowest BCUT2D eigenvalue weighted by atomic mass is 9.97. The Kier molecular flexibility index (Phi) is 6.42. The molecule has 5 nitrogen and oxygen atoms in total. The van der Waals surface area contributed by atoms with Gasteiger partial charge in [0.05, 0.1) is 5.75 Å². The van der Waals surface area contributed by atoms with Gasteiger partial charge in [-0.1, -0.05) is 53.5 Å². The molecule has 0 unspecified atom stereocenters. The molecule has 27 heavy (non-hydrogen) atoms. The molecule has 0 spiro atoms. The van der Waals surface area contributed by atoms with Crippen LogP contribution in [0.15, 0.2) is 48.5 Å². The molecule has 0 aromatic heterocycles. The zero-order chi connectivity index (χ0) is 19.4. The molecule has 1 N–H and O–H groups in total. The SMILES string of the molecule is O=C(Nc1cc(Cl)cc(Cl)c1)C1CCN(S(=O)(=O)Cc2ccccc2)CC1. The summed E-state index contributed by atoms with van der Waals surface area (Å²) in [6.07, 6.45) is 0.961. The number of hydrogen-bond donors (Lipinski definition) is 1. The molecule has 0 atom stereocenters. The van der Waals surface area contributed by atoms with Gasteiger partial charge in [-0.2, -0.15) is 0 Å². The number of amides is 1. The monoisotopic (exact) mass is 426 g/mol. The first-order chi connectivity index (χ1) is 12.8. The maximum absolute atomic E-state index is 12.6. The van der Waals surface area contributed by atoms with Crippen molar-refractivity contribution in [2.75, 3.05) is 18.4 Å². The Bertz CT molecular complexity index is 892. The second-order valence-corrected chi connectivity index (χ2v) is 9.40. The first kappa shape index (κ1) is 20.1. The lowest BCUT2D eigenvalue weighted by molar-refractivity contribution is -0.120. The van der Waals surface area contributed by atoms with E-state index in [9.17, 15) is 13.2 Å². The number of carbonyl (C=O) groups excluding carboxylic acids is 1. The van der Waals surface area contributed by atoms with Gasteiger partial charge in [0.25, 0.3) is 0 Å². The van der Waals surface area contributed by atoms with Crippen LogP contribution in [0.1, 0.15) is 18.4 Å². The molecule has 0 aliphatic carbocycles. The van der Waals surface area contributed by atoms with Crippen molar-refractivity contribution in [2.45, 2.75) is 18.6 Å². The van der Waals surface area contributed by atoms with Gasteiger partial charge >= 0.3 is 0 Å². The molecule has 1 aliphatic heterocycles. The van der Waals surface area contributed by atoms with Gasteiger partial charge < -0.3 is 5.32 Å². The van der Waals surface area contributed by atoms with Gasteiger partial charge in [0.1, 0.15) is 0 Å². The highest BCUT2D eigenvalue weighted by atomic mass is 35.5. The number of halogens is 2. The van der Waals surface area contributed by atoms with Crippen LogP contribution in [-0.2, 0) is 20.6 Å². The highest BCUT2D eigenvalue weighted by molar-refractivity contribution is 7.88. The summed E-state index contributed by atoms with van der Waals surface area (Å²) in [5.41, 5.74) is 1.30. The van der Waals surface area contributed by atoms with E-state index in [1.54, 1.807) is 30.3 Å². The topological polar surface area (TPSA) is 66.5 Å². The third-order valence-corrected chi connectivity index (χ3v) is 6.83. The molecule has 0 bridgehead atoms. The molecule has 144 valence electrons. The van der Waals surface area contributed by atoms with Crippen LogP contribution in [0.3, 0.4) is 0 Å². The van der Waals surface area contributed by atoms with Gasteiger partial charge in [0.15, 0.2) is 0 Å². The molecule has 1 amide bonds. The summed E-state index contributed by atoms with van der Waals surface area (Å²) in [6, 6.07) is 14.0. The van der Waals surface area contributed by atoms with Crippen LogP contribution in [0.5, 0.6) is 0 Å². The zero-order valence-corrected chi connectivity index (χ0v) is 16.9. The van der Waals surface area contributed by atoms with Crippen molar-refractivity contribution in [3.8, 4) is 0 Å². The molecule has 0 radical (unpaired) electrons. The van der Waals surface area contributed by atoms with E-state index < -0.39 is 10.0 Å². The van der Waals surface area contributed by atoms with Crippen molar-refractivity contribution < 1.29 is 13.2 Å². The third-order valence-electron chi connectivity index (χ3n) is 4.54. The van der Waals surface area contributed by atoms with E-state index in [4.69, 9.17) is 23.2 Å². The first-order valence-electron chi connectivity index (χ1n) is 8.62. The number of nitrogens with zero attached hydrogens (tertiary/aromatic N) is 1. The molecule has 3 rings (SSSR count). The highest BCUT2D eigenvalue weighted by Gasteiger charge is 2.31. The second kappa shape index (κ2) is 8.61. The number of anilines is 1. The van der Waals surface area contributed by atoms with Crippen molar-refractivity contribution in [1.29, 1.82) is 0 Å². The largest absolute Gasteiger partial charge is 0.326 e. The predicted octanol–water partition coefficient (Wildman–Crippen LogP) is 4.17. The first-order valence-corrected chi connectivity index (χ1v) is 11.0. The summed E-state index contributed by atoms with van der Waals surface area (Å²) < 4.78 is 26.7. The van der Waals surface area contributed by atoms with E-state index in [1.165, 1.54) is 4.31 Å². The number of carbonyl (C=O) groups is 1.